The van der Waals surface area contributed by atoms with Gasteiger partial charge < -0.3 is 28.4 Å². The number of unbranched alkanes of at least 4 members (excludes halogenated alkanes) is 21. The van der Waals surface area contributed by atoms with Crippen LogP contribution in [0.2, 0.25) is 0 Å². The lowest BCUT2D eigenvalue weighted by molar-refractivity contribution is 0.0724. The number of methoxy groups -OCH3 is 1. The van der Waals surface area contributed by atoms with Crippen LogP contribution in [-0.4, -0.2) is 38.9 Å². The van der Waals surface area contributed by atoms with E-state index in [1.54, 1.807) is 66.2 Å². The number of rotatable bonds is 38. The van der Waals surface area contributed by atoms with Gasteiger partial charge in [0.15, 0.2) is 11.5 Å². The van der Waals surface area contributed by atoms with Crippen molar-refractivity contribution in [3.63, 3.8) is 0 Å². The van der Waals surface area contributed by atoms with Crippen LogP contribution in [-0.2, 0) is 0 Å². The van der Waals surface area contributed by atoms with Gasteiger partial charge in [-0.05, 0) is 140 Å². The minimum Gasteiger partial charge on any atom is -0.497 e. The maximum atomic E-state index is 14.1. The summed E-state index contributed by atoms with van der Waals surface area (Å²) in [6, 6.07) is 34.3. The van der Waals surface area contributed by atoms with Crippen LogP contribution in [0.4, 0.5) is 0 Å². The molecule has 0 fully saturated rings. The summed E-state index contributed by atoms with van der Waals surface area (Å²) in [5.74, 6) is 2.41. The predicted molar refractivity (Wildman–Crippen MR) is 312 cm³/mol. The summed E-state index contributed by atoms with van der Waals surface area (Å²) in [5.41, 5.74) is 2.91. The maximum Gasteiger partial charge on any atom is 0.343 e. The summed E-state index contributed by atoms with van der Waals surface area (Å²) in [5, 5.41) is 0. The monoisotopic (exact) mass is 1060 g/mol. The fourth-order valence-electron chi connectivity index (χ4n) is 8.98. The van der Waals surface area contributed by atoms with E-state index in [-0.39, 0.29) is 0 Å². The summed E-state index contributed by atoms with van der Waals surface area (Å²) >= 11 is 3.43. The third-order valence-electron chi connectivity index (χ3n) is 13.5. The number of thiophene rings is 2. The standard InChI is InChI=1S/C65H84O8S2/c1-5-8-11-14-17-20-23-26-45-69-57-48-53(49-58(70-46-27-24-21-18-15-12-9-6-2)63(57)71-47-28-25-22-19-16-13-10-7-3)65(67)73-56-39-31-51(32-40-56)60-42-44-62(75-60)61-43-41-59(74-61)50-29-37-55(38-30-50)72-64(66)52-33-35-54(68-4)36-34-52/h29-44,48-49H,5-28,45-47H2,1-4H3. The van der Waals surface area contributed by atoms with Crippen molar-refractivity contribution >= 4 is 34.6 Å². The molecule has 0 spiro atoms. The largest absolute Gasteiger partial charge is 0.497 e. The molecule has 0 N–H and O–H groups in total. The second-order valence-electron chi connectivity index (χ2n) is 19.7. The molecule has 0 atom stereocenters. The first kappa shape index (κ1) is 58.7. The highest BCUT2D eigenvalue weighted by Crippen LogP contribution is 2.42. The van der Waals surface area contributed by atoms with E-state index in [2.05, 4.69) is 45.0 Å². The lowest BCUT2D eigenvalue weighted by Gasteiger charge is -2.19. The van der Waals surface area contributed by atoms with Gasteiger partial charge >= 0.3 is 11.9 Å². The normalized spacial score (nSPS) is 11.1. The van der Waals surface area contributed by atoms with Crippen LogP contribution in [0.1, 0.15) is 196 Å². The zero-order valence-electron chi connectivity index (χ0n) is 45.6. The Morgan fingerprint density at radius 1 is 0.360 bits per heavy atom. The quantitative estimate of drug-likeness (QED) is 0.0215. The molecule has 0 saturated carbocycles. The van der Waals surface area contributed by atoms with E-state index in [1.807, 2.05) is 48.5 Å². The van der Waals surface area contributed by atoms with Crippen molar-refractivity contribution in [1.82, 2.24) is 0 Å². The van der Waals surface area contributed by atoms with Crippen molar-refractivity contribution < 1.29 is 38.0 Å². The van der Waals surface area contributed by atoms with Crippen molar-refractivity contribution in [2.45, 2.75) is 175 Å². The first-order chi connectivity index (χ1) is 36.9. The first-order valence-electron chi connectivity index (χ1n) is 28.4. The molecular weight excluding hydrogens is 973 g/mol. The van der Waals surface area contributed by atoms with Crippen LogP contribution in [0.25, 0.3) is 30.6 Å². The first-order valence-corrected chi connectivity index (χ1v) is 30.1. The summed E-state index contributed by atoms with van der Waals surface area (Å²) in [4.78, 5) is 31.3. The van der Waals surface area contributed by atoms with E-state index in [0.29, 0.717) is 65.4 Å². The minimum atomic E-state index is -0.470. The average Bonchev–Trinajstić information content (AvgIpc) is 4.14. The van der Waals surface area contributed by atoms with Crippen LogP contribution >= 0.6 is 22.7 Å². The summed E-state index contributed by atoms with van der Waals surface area (Å²) < 4.78 is 36.5. The molecule has 4 aromatic carbocycles. The van der Waals surface area contributed by atoms with Crippen LogP contribution in [0.15, 0.2) is 109 Å². The number of carbonyl (C=O) groups is 2. The van der Waals surface area contributed by atoms with E-state index in [1.165, 1.54) is 116 Å². The van der Waals surface area contributed by atoms with E-state index < -0.39 is 11.9 Å². The lowest BCUT2D eigenvalue weighted by Crippen LogP contribution is -2.12. The van der Waals surface area contributed by atoms with Crippen LogP contribution in [0.5, 0.6) is 34.5 Å². The molecule has 6 rings (SSSR count). The Morgan fingerprint density at radius 3 is 1.08 bits per heavy atom. The molecule has 0 radical (unpaired) electrons. The van der Waals surface area contributed by atoms with E-state index in [0.717, 1.165) is 69.2 Å². The molecule has 0 aliphatic carbocycles. The summed E-state index contributed by atoms with van der Waals surface area (Å²) in [6.07, 6.45) is 29.1. The predicted octanol–water partition coefficient (Wildman–Crippen LogP) is 19.8. The van der Waals surface area contributed by atoms with Gasteiger partial charge in [0.1, 0.15) is 17.2 Å². The van der Waals surface area contributed by atoms with E-state index in [4.69, 9.17) is 28.4 Å². The highest BCUT2D eigenvalue weighted by molar-refractivity contribution is 7.25. The van der Waals surface area contributed by atoms with Gasteiger partial charge in [-0.2, -0.15) is 0 Å². The van der Waals surface area contributed by atoms with Gasteiger partial charge in [0.05, 0.1) is 38.1 Å². The molecule has 0 amide bonds. The lowest BCUT2D eigenvalue weighted by atomic mass is 10.1. The zero-order valence-corrected chi connectivity index (χ0v) is 47.2. The second kappa shape index (κ2) is 34.2. The molecule has 0 bridgehead atoms. The zero-order chi connectivity index (χ0) is 52.7. The fourth-order valence-corrected chi connectivity index (χ4v) is 11.1. The molecule has 2 heterocycles. The Balaban J connectivity index is 1.09. The number of hydrogen-bond donors (Lipinski definition) is 0. The molecule has 0 aliphatic heterocycles. The van der Waals surface area contributed by atoms with Crippen molar-refractivity contribution in [3.8, 4) is 65.1 Å². The fraction of sp³-hybridized carbons (Fsp3) is 0.477. The van der Waals surface area contributed by atoms with Crippen LogP contribution in [0.3, 0.4) is 0 Å². The molecule has 0 unspecified atom stereocenters. The Hall–Kier alpha value is -5.58. The van der Waals surface area contributed by atoms with E-state index in [9.17, 15) is 9.59 Å². The third-order valence-corrected chi connectivity index (χ3v) is 16.0. The van der Waals surface area contributed by atoms with Gasteiger partial charge in [-0.15, -0.1) is 22.7 Å². The highest BCUT2D eigenvalue weighted by atomic mass is 32.1. The van der Waals surface area contributed by atoms with Gasteiger partial charge in [-0.1, -0.05) is 156 Å². The van der Waals surface area contributed by atoms with Crippen molar-refractivity contribution in [1.29, 1.82) is 0 Å². The summed E-state index contributed by atoms with van der Waals surface area (Å²) in [6.45, 7) is 8.42. The Kier molecular flexibility index (Phi) is 26.7. The van der Waals surface area contributed by atoms with Gasteiger partial charge in [0, 0.05) is 19.5 Å². The van der Waals surface area contributed by atoms with Gasteiger partial charge in [-0.3, -0.25) is 0 Å². The number of esters is 2. The number of hydrogen-bond acceptors (Lipinski definition) is 10. The van der Waals surface area contributed by atoms with Crippen LogP contribution < -0.4 is 28.4 Å². The number of benzene rings is 4. The Bertz CT molecular complexity index is 2480. The Labute approximate surface area is 457 Å². The number of carbonyl (C=O) groups excluding carboxylic acids is 2. The topological polar surface area (TPSA) is 89.5 Å². The maximum absolute atomic E-state index is 14.1. The minimum absolute atomic E-state index is 0.373. The van der Waals surface area contributed by atoms with Crippen LogP contribution in [0, 0.1) is 0 Å². The number of ether oxygens (including phenoxy) is 6. The van der Waals surface area contributed by atoms with E-state index >= 15 is 0 Å². The van der Waals surface area contributed by atoms with Gasteiger partial charge in [0.25, 0.3) is 0 Å². The van der Waals surface area contributed by atoms with Gasteiger partial charge in [0.2, 0.25) is 5.75 Å². The molecular formula is C65H84O8S2. The molecule has 0 aliphatic rings. The van der Waals surface area contributed by atoms with Gasteiger partial charge in [-0.25, -0.2) is 9.59 Å². The second-order valence-corrected chi connectivity index (χ2v) is 21.8. The molecule has 10 heteroatoms. The highest BCUT2D eigenvalue weighted by Gasteiger charge is 2.21. The SMILES string of the molecule is CCCCCCCCCCOc1cc(C(=O)Oc2ccc(-c3ccc(-c4ccc(-c5ccc(OC(=O)c6ccc(OC)cc6)cc5)s4)s3)cc2)cc(OCCCCCCCCCC)c1OCCCCCCCCCC. The molecule has 0 saturated heterocycles. The molecule has 6 aromatic rings. The Morgan fingerprint density at radius 2 is 0.693 bits per heavy atom. The summed E-state index contributed by atoms with van der Waals surface area (Å²) in [7, 11) is 1.59. The molecule has 404 valence electrons. The van der Waals surface area contributed by atoms with Crippen molar-refractivity contribution in [2.24, 2.45) is 0 Å². The molecule has 75 heavy (non-hydrogen) atoms. The third kappa shape index (κ3) is 20.5. The molecule has 8 nitrogen and oxygen atoms in total. The smallest absolute Gasteiger partial charge is 0.343 e. The average molecular weight is 1060 g/mol. The molecule has 2 aromatic heterocycles. The van der Waals surface area contributed by atoms with Crippen molar-refractivity contribution in [3.05, 3.63) is 120 Å². The van der Waals surface area contributed by atoms with Crippen molar-refractivity contribution in [2.75, 3.05) is 26.9 Å².